The molecule has 0 spiro atoms. The number of carbonyl (C=O) groups is 2. The summed E-state index contributed by atoms with van der Waals surface area (Å²) in [5.41, 5.74) is 1.09. The van der Waals surface area contributed by atoms with E-state index in [1.54, 1.807) is 6.20 Å². The first-order valence-corrected chi connectivity index (χ1v) is 9.89. The van der Waals surface area contributed by atoms with Gasteiger partial charge in [-0.3, -0.25) is 9.59 Å². The topological polar surface area (TPSA) is 70.5 Å². The molecular formula is C21H28ClN5O2. The molecule has 3 unspecified atom stereocenters. The largest absolute Gasteiger partial charge is 0.336 e. The van der Waals surface area contributed by atoms with Gasteiger partial charge in [0.15, 0.2) is 0 Å². The monoisotopic (exact) mass is 417 g/mol. The summed E-state index contributed by atoms with van der Waals surface area (Å²) in [5, 5.41) is 3.36. The Morgan fingerprint density at radius 2 is 2.03 bits per heavy atom. The van der Waals surface area contributed by atoms with Crippen molar-refractivity contribution in [3.8, 4) is 0 Å². The number of amides is 2. The molecule has 1 N–H and O–H groups in total. The number of imidazole rings is 1. The maximum atomic E-state index is 13.3. The van der Waals surface area contributed by atoms with Crippen LogP contribution in [0.2, 0.25) is 0 Å². The van der Waals surface area contributed by atoms with Crippen molar-refractivity contribution >= 4 is 24.2 Å². The van der Waals surface area contributed by atoms with Crippen molar-refractivity contribution in [2.24, 2.45) is 13.0 Å². The summed E-state index contributed by atoms with van der Waals surface area (Å²) in [5.74, 6) is 0.697. The van der Waals surface area contributed by atoms with E-state index in [1.807, 2.05) is 64.9 Å². The average molecular weight is 418 g/mol. The highest BCUT2D eigenvalue weighted by molar-refractivity contribution is 5.89. The van der Waals surface area contributed by atoms with Crippen LogP contribution in [-0.2, 0) is 16.6 Å². The minimum Gasteiger partial charge on any atom is -0.336 e. The van der Waals surface area contributed by atoms with Gasteiger partial charge in [0.1, 0.15) is 11.9 Å². The zero-order chi connectivity index (χ0) is 19.7. The van der Waals surface area contributed by atoms with E-state index in [4.69, 9.17) is 0 Å². The second kappa shape index (κ2) is 8.97. The zero-order valence-electron chi connectivity index (χ0n) is 16.8. The first-order chi connectivity index (χ1) is 13.6. The normalized spacial score (nSPS) is 23.0. The van der Waals surface area contributed by atoms with E-state index in [0.29, 0.717) is 19.6 Å². The highest BCUT2D eigenvalue weighted by Crippen LogP contribution is 2.31. The third-order valence-electron chi connectivity index (χ3n) is 5.94. The lowest BCUT2D eigenvalue weighted by Crippen LogP contribution is -2.51. The molecule has 29 heavy (non-hydrogen) atoms. The van der Waals surface area contributed by atoms with Gasteiger partial charge in [0.2, 0.25) is 11.8 Å². The Bertz CT molecular complexity index is 856. The van der Waals surface area contributed by atoms with Crippen LogP contribution in [0.15, 0.2) is 42.7 Å². The molecular weight excluding hydrogens is 390 g/mol. The van der Waals surface area contributed by atoms with Crippen LogP contribution in [0.25, 0.3) is 0 Å². The number of hydrogen-bond acceptors (Lipinski definition) is 4. The van der Waals surface area contributed by atoms with Gasteiger partial charge in [0.05, 0.1) is 12.0 Å². The van der Waals surface area contributed by atoms with Crippen molar-refractivity contribution in [2.45, 2.75) is 25.4 Å². The molecule has 2 aromatic rings. The van der Waals surface area contributed by atoms with E-state index in [-0.39, 0.29) is 48.6 Å². The molecule has 156 valence electrons. The molecule has 3 atom stereocenters. The van der Waals surface area contributed by atoms with E-state index in [9.17, 15) is 9.59 Å². The molecule has 4 rings (SSSR count). The molecule has 1 aromatic heterocycles. The van der Waals surface area contributed by atoms with Crippen LogP contribution in [0.4, 0.5) is 0 Å². The van der Waals surface area contributed by atoms with Crippen molar-refractivity contribution in [3.63, 3.8) is 0 Å². The van der Waals surface area contributed by atoms with Crippen LogP contribution in [0.1, 0.15) is 36.8 Å². The van der Waals surface area contributed by atoms with Crippen LogP contribution in [-0.4, -0.2) is 57.3 Å². The molecule has 2 saturated heterocycles. The third-order valence-corrected chi connectivity index (χ3v) is 5.94. The fourth-order valence-electron chi connectivity index (χ4n) is 4.31. The maximum Gasteiger partial charge on any atom is 0.228 e. The van der Waals surface area contributed by atoms with Crippen molar-refractivity contribution < 1.29 is 9.59 Å². The van der Waals surface area contributed by atoms with Crippen molar-refractivity contribution in [3.05, 3.63) is 54.1 Å². The molecule has 2 amide bonds. The number of rotatable bonds is 4. The second-order valence-electron chi connectivity index (χ2n) is 7.68. The van der Waals surface area contributed by atoms with Gasteiger partial charge in [0.25, 0.3) is 0 Å². The Hall–Kier alpha value is -2.38. The average Bonchev–Trinajstić information content (AvgIpc) is 3.33. The Morgan fingerprint density at radius 3 is 2.72 bits per heavy atom. The van der Waals surface area contributed by atoms with Crippen molar-refractivity contribution in [1.29, 1.82) is 0 Å². The maximum absolute atomic E-state index is 13.3. The van der Waals surface area contributed by atoms with E-state index in [0.717, 1.165) is 17.9 Å². The molecule has 2 aliphatic heterocycles. The molecule has 0 radical (unpaired) electrons. The lowest BCUT2D eigenvalue weighted by atomic mass is 10.0. The lowest BCUT2D eigenvalue weighted by molar-refractivity contribution is -0.139. The Labute approximate surface area is 177 Å². The third kappa shape index (κ3) is 4.16. The number of piperazine rings is 1. The van der Waals surface area contributed by atoms with E-state index >= 15 is 0 Å². The smallest absolute Gasteiger partial charge is 0.228 e. The minimum absolute atomic E-state index is 0. The Morgan fingerprint density at radius 1 is 1.28 bits per heavy atom. The van der Waals surface area contributed by atoms with Gasteiger partial charge in [0, 0.05) is 52.0 Å². The molecule has 3 heterocycles. The van der Waals surface area contributed by atoms with Crippen LogP contribution in [0, 0.1) is 5.92 Å². The number of aryl methyl sites for hydroxylation is 1. The number of benzene rings is 1. The number of aromatic nitrogens is 2. The van der Waals surface area contributed by atoms with Crippen LogP contribution < -0.4 is 5.32 Å². The zero-order valence-corrected chi connectivity index (χ0v) is 17.6. The number of nitrogens with zero attached hydrogens (tertiary/aromatic N) is 4. The van der Waals surface area contributed by atoms with Gasteiger partial charge in [-0.15, -0.1) is 12.4 Å². The summed E-state index contributed by atoms with van der Waals surface area (Å²) < 4.78 is 1.96. The summed E-state index contributed by atoms with van der Waals surface area (Å²) in [7, 11) is 1.95. The Balaban J connectivity index is 0.00000240. The molecule has 0 aliphatic carbocycles. The molecule has 2 aliphatic rings. The summed E-state index contributed by atoms with van der Waals surface area (Å²) in [6, 6.07) is 9.86. The van der Waals surface area contributed by atoms with Crippen LogP contribution >= 0.6 is 12.4 Å². The number of carbonyl (C=O) groups excluding carboxylic acids is 2. The highest BCUT2D eigenvalue weighted by atomic mass is 35.5. The fourth-order valence-corrected chi connectivity index (χ4v) is 4.31. The standard InChI is InChI=1S/C21H27N5O2.ClH/c1-15(16-6-4-3-5-7-16)26-14-17(12-19(26)27)21(28)25-11-8-22-13-18(25)20-23-9-10-24(20)2;/h3-7,9-10,15,17-18,22H,8,11-14H2,1-2H3;1H. The van der Waals surface area contributed by atoms with E-state index in [1.165, 1.54) is 0 Å². The number of hydrogen-bond donors (Lipinski definition) is 1. The second-order valence-corrected chi connectivity index (χ2v) is 7.68. The minimum atomic E-state index is -0.292. The molecule has 2 fully saturated rings. The number of halogens is 1. The van der Waals surface area contributed by atoms with Gasteiger partial charge in [-0.1, -0.05) is 30.3 Å². The number of likely N-dealkylation sites (tertiary alicyclic amines) is 1. The predicted octanol–water partition coefficient (Wildman–Crippen LogP) is 1.92. The Kier molecular flexibility index (Phi) is 6.59. The van der Waals surface area contributed by atoms with Gasteiger partial charge in [-0.25, -0.2) is 4.98 Å². The molecule has 8 heteroatoms. The molecule has 0 saturated carbocycles. The van der Waals surface area contributed by atoms with Crippen molar-refractivity contribution in [2.75, 3.05) is 26.2 Å². The van der Waals surface area contributed by atoms with Crippen molar-refractivity contribution in [1.82, 2.24) is 24.7 Å². The summed E-state index contributed by atoms with van der Waals surface area (Å²) in [6.45, 7) is 4.58. The molecule has 7 nitrogen and oxygen atoms in total. The first-order valence-electron chi connectivity index (χ1n) is 9.89. The fraction of sp³-hybridized carbons (Fsp3) is 0.476. The van der Waals surface area contributed by atoms with Crippen LogP contribution in [0.3, 0.4) is 0 Å². The summed E-state index contributed by atoms with van der Waals surface area (Å²) in [4.78, 5) is 34.2. The van der Waals surface area contributed by atoms with Gasteiger partial charge in [-0.05, 0) is 12.5 Å². The van der Waals surface area contributed by atoms with E-state index < -0.39 is 0 Å². The quantitative estimate of drug-likeness (QED) is 0.825. The SMILES string of the molecule is CC(c1ccccc1)N1CC(C(=O)N2CCNCC2c2nccn2C)CC1=O.Cl. The van der Waals surface area contributed by atoms with Gasteiger partial charge >= 0.3 is 0 Å². The van der Waals surface area contributed by atoms with Gasteiger partial charge < -0.3 is 19.7 Å². The van der Waals surface area contributed by atoms with Crippen LogP contribution in [0.5, 0.6) is 0 Å². The first kappa shape index (κ1) is 21.3. The molecule has 1 aromatic carbocycles. The summed E-state index contributed by atoms with van der Waals surface area (Å²) >= 11 is 0. The molecule has 0 bridgehead atoms. The summed E-state index contributed by atoms with van der Waals surface area (Å²) in [6.07, 6.45) is 3.94. The lowest BCUT2D eigenvalue weighted by Gasteiger charge is -2.37. The number of nitrogens with one attached hydrogen (secondary N) is 1. The highest BCUT2D eigenvalue weighted by Gasteiger charge is 2.41. The predicted molar refractivity (Wildman–Crippen MR) is 112 cm³/mol. The van der Waals surface area contributed by atoms with E-state index in [2.05, 4.69) is 10.3 Å². The van der Waals surface area contributed by atoms with Gasteiger partial charge in [-0.2, -0.15) is 0 Å².